The quantitative estimate of drug-likeness (QED) is 0.649. The second-order valence-electron chi connectivity index (χ2n) is 3.45. The van der Waals surface area contributed by atoms with Gasteiger partial charge in [-0.2, -0.15) is 0 Å². The van der Waals surface area contributed by atoms with Crippen LogP contribution in [0.4, 0.5) is 0 Å². The fourth-order valence-corrected chi connectivity index (χ4v) is 1.53. The molecule has 0 N–H and O–H groups in total. The van der Waals surface area contributed by atoms with Gasteiger partial charge in [0.2, 0.25) is 0 Å². The largest absolute Gasteiger partial charge is 0.0842 e. The monoisotopic (exact) mass is 182 g/mol. The van der Waals surface area contributed by atoms with Gasteiger partial charge < -0.3 is 0 Å². The number of hydrogen-bond acceptors (Lipinski definition) is 0. The van der Waals surface area contributed by atoms with Crippen molar-refractivity contribution in [3.63, 3.8) is 0 Å². The van der Waals surface area contributed by atoms with Crippen LogP contribution in [0.3, 0.4) is 0 Å². The zero-order chi connectivity index (χ0) is 9.64. The third kappa shape index (κ3) is 2.46. The van der Waals surface area contributed by atoms with Crippen molar-refractivity contribution in [2.75, 3.05) is 0 Å². The van der Waals surface area contributed by atoms with Crippen LogP contribution in [0.2, 0.25) is 0 Å². The molecule has 0 spiro atoms. The van der Waals surface area contributed by atoms with Gasteiger partial charge in [0.05, 0.1) is 0 Å². The van der Waals surface area contributed by atoms with E-state index in [-0.39, 0.29) is 0 Å². The van der Waals surface area contributed by atoms with Crippen molar-refractivity contribution in [2.24, 2.45) is 0 Å². The smallest absolute Gasteiger partial charge is 0.0244 e. The van der Waals surface area contributed by atoms with Crippen molar-refractivity contribution in [2.45, 2.75) is 12.8 Å². The maximum atomic E-state index is 2.21. The predicted molar refractivity (Wildman–Crippen MR) is 61.9 cm³/mol. The highest BCUT2D eigenvalue weighted by Crippen LogP contribution is 2.14. The Morgan fingerprint density at radius 3 is 2.57 bits per heavy atom. The Kier molecular flexibility index (Phi) is 2.97. The van der Waals surface area contributed by atoms with Crippen LogP contribution in [0, 0.1) is 0 Å². The lowest BCUT2D eigenvalue weighted by molar-refractivity contribution is 0.992. The van der Waals surface area contributed by atoms with Gasteiger partial charge in [0.25, 0.3) is 0 Å². The van der Waals surface area contributed by atoms with Gasteiger partial charge in [-0.15, -0.1) is 0 Å². The van der Waals surface area contributed by atoms with E-state index in [1.54, 1.807) is 0 Å². The molecule has 70 valence electrons. The Morgan fingerprint density at radius 2 is 1.86 bits per heavy atom. The molecule has 0 nitrogen and oxygen atoms in total. The van der Waals surface area contributed by atoms with Crippen LogP contribution in [0.15, 0.2) is 60.2 Å². The van der Waals surface area contributed by atoms with Crippen LogP contribution < -0.4 is 0 Å². The van der Waals surface area contributed by atoms with E-state index in [1.165, 1.54) is 24.0 Å². The lowest BCUT2D eigenvalue weighted by Crippen LogP contribution is -1.82. The molecule has 0 heteroatoms. The second kappa shape index (κ2) is 4.61. The van der Waals surface area contributed by atoms with Crippen molar-refractivity contribution in [1.29, 1.82) is 0 Å². The van der Waals surface area contributed by atoms with Crippen LogP contribution >= 0.6 is 0 Å². The SMILES string of the molecule is C1=CCCC(C=Cc2ccccc2)=C1. The van der Waals surface area contributed by atoms with E-state index < -0.39 is 0 Å². The average Bonchev–Trinajstić information content (AvgIpc) is 2.29. The van der Waals surface area contributed by atoms with Crippen molar-refractivity contribution in [3.05, 3.63) is 65.8 Å². The summed E-state index contributed by atoms with van der Waals surface area (Å²) in [6.07, 6.45) is 13.2. The lowest BCUT2D eigenvalue weighted by Gasteiger charge is -2.02. The second-order valence-corrected chi connectivity index (χ2v) is 3.45. The Labute approximate surface area is 85.3 Å². The number of rotatable bonds is 2. The first kappa shape index (κ1) is 9.01. The first-order valence-electron chi connectivity index (χ1n) is 5.04. The molecule has 0 saturated carbocycles. The Hall–Kier alpha value is -1.56. The predicted octanol–water partition coefficient (Wildman–Crippen LogP) is 3.98. The number of allylic oxidation sites excluding steroid dienone is 5. The van der Waals surface area contributed by atoms with Crippen LogP contribution in [0.25, 0.3) is 6.08 Å². The van der Waals surface area contributed by atoms with Gasteiger partial charge in [-0.1, -0.05) is 60.7 Å². The topological polar surface area (TPSA) is 0 Å². The van der Waals surface area contributed by atoms with Gasteiger partial charge in [0.1, 0.15) is 0 Å². The Bertz CT molecular complexity index is 366. The molecule has 0 radical (unpaired) electrons. The fraction of sp³-hybridized carbons (Fsp3) is 0.143. The zero-order valence-electron chi connectivity index (χ0n) is 8.19. The van der Waals surface area contributed by atoms with Gasteiger partial charge in [-0.05, 0) is 24.0 Å². The minimum atomic E-state index is 1.17. The maximum Gasteiger partial charge on any atom is -0.0244 e. The van der Waals surface area contributed by atoms with Crippen LogP contribution in [0.5, 0.6) is 0 Å². The molecule has 1 aromatic carbocycles. The first-order chi connectivity index (χ1) is 6.95. The molecule has 0 atom stereocenters. The van der Waals surface area contributed by atoms with E-state index in [4.69, 9.17) is 0 Å². The molecule has 0 fully saturated rings. The summed E-state index contributed by atoms with van der Waals surface area (Å²) >= 11 is 0. The summed E-state index contributed by atoms with van der Waals surface area (Å²) in [7, 11) is 0. The summed E-state index contributed by atoms with van der Waals surface area (Å²) < 4.78 is 0. The van der Waals surface area contributed by atoms with Gasteiger partial charge in [-0.25, -0.2) is 0 Å². The highest BCUT2D eigenvalue weighted by molar-refractivity contribution is 5.53. The summed E-state index contributed by atoms with van der Waals surface area (Å²) in [5.41, 5.74) is 2.68. The first-order valence-corrected chi connectivity index (χ1v) is 5.04. The molecule has 0 aliphatic heterocycles. The third-order valence-corrected chi connectivity index (χ3v) is 2.34. The van der Waals surface area contributed by atoms with Crippen molar-refractivity contribution in [3.8, 4) is 0 Å². The molecule has 0 aromatic heterocycles. The van der Waals surface area contributed by atoms with Crippen molar-refractivity contribution < 1.29 is 0 Å². The lowest BCUT2D eigenvalue weighted by atomic mass is 10.0. The molecule has 0 heterocycles. The summed E-state index contributed by atoms with van der Waals surface area (Å²) in [4.78, 5) is 0. The summed E-state index contributed by atoms with van der Waals surface area (Å²) in [6.45, 7) is 0. The minimum Gasteiger partial charge on any atom is -0.0842 e. The fourth-order valence-electron chi connectivity index (χ4n) is 1.53. The number of hydrogen-bond donors (Lipinski definition) is 0. The van der Waals surface area contributed by atoms with E-state index in [2.05, 4.69) is 54.6 Å². The maximum absolute atomic E-state index is 2.21. The third-order valence-electron chi connectivity index (χ3n) is 2.34. The Morgan fingerprint density at radius 1 is 1.00 bits per heavy atom. The van der Waals surface area contributed by atoms with E-state index in [1.807, 2.05) is 6.07 Å². The normalized spacial score (nSPS) is 15.9. The van der Waals surface area contributed by atoms with E-state index in [0.717, 1.165) is 0 Å². The Balaban J connectivity index is 2.07. The van der Waals surface area contributed by atoms with E-state index in [0.29, 0.717) is 0 Å². The van der Waals surface area contributed by atoms with Gasteiger partial charge in [0.15, 0.2) is 0 Å². The van der Waals surface area contributed by atoms with Crippen LogP contribution in [0.1, 0.15) is 18.4 Å². The highest BCUT2D eigenvalue weighted by Gasteiger charge is 1.94. The molecule has 1 aliphatic carbocycles. The molecule has 0 saturated heterocycles. The molecular formula is C14H14. The van der Waals surface area contributed by atoms with Crippen molar-refractivity contribution in [1.82, 2.24) is 0 Å². The molecule has 0 unspecified atom stereocenters. The standard InChI is InChI=1S/C14H14/c1-3-7-13(8-4-1)11-12-14-9-5-2-6-10-14/h1-5,7-9,11-12H,6,10H2. The number of benzene rings is 1. The molecule has 1 aromatic rings. The minimum absolute atomic E-state index is 1.17. The molecule has 1 aliphatic rings. The molecule has 2 rings (SSSR count). The van der Waals surface area contributed by atoms with E-state index >= 15 is 0 Å². The molecule has 14 heavy (non-hydrogen) atoms. The highest BCUT2D eigenvalue weighted by atomic mass is 14.0. The summed E-state index contributed by atoms with van der Waals surface area (Å²) in [5, 5.41) is 0. The van der Waals surface area contributed by atoms with Gasteiger partial charge in [0, 0.05) is 0 Å². The molecule has 0 bridgehead atoms. The summed E-state index contributed by atoms with van der Waals surface area (Å²) in [6, 6.07) is 10.4. The van der Waals surface area contributed by atoms with E-state index in [9.17, 15) is 0 Å². The van der Waals surface area contributed by atoms with Crippen LogP contribution in [-0.4, -0.2) is 0 Å². The zero-order valence-corrected chi connectivity index (χ0v) is 8.19. The average molecular weight is 182 g/mol. The van der Waals surface area contributed by atoms with Crippen LogP contribution in [-0.2, 0) is 0 Å². The van der Waals surface area contributed by atoms with Gasteiger partial charge >= 0.3 is 0 Å². The van der Waals surface area contributed by atoms with Gasteiger partial charge in [-0.3, -0.25) is 0 Å². The molecule has 0 amide bonds. The molecular weight excluding hydrogens is 168 g/mol. The summed E-state index contributed by atoms with van der Waals surface area (Å²) in [5.74, 6) is 0. The van der Waals surface area contributed by atoms with Crippen molar-refractivity contribution >= 4 is 6.08 Å².